The Labute approximate surface area is 124 Å². The lowest BCUT2D eigenvalue weighted by Gasteiger charge is -2.25. The van der Waals surface area contributed by atoms with E-state index in [0.717, 1.165) is 32.6 Å². The summed E-state index contributed by atoms with van der Waals surface area (Å²) in [7, 11) is 0. The second-order valence-corrected chi connectivity index (χ2v) is 5.81. The van der Waals surface area contributed by atoms with Crippen molar-refractivity contribution in [2.45, 2.75) is 38.6 Å². The fraction of sp³-hybridized carbons (Fsp3) is 0.643. The van der Waals surface area contributed by atoms with E-state index in [1.54, 1.807) is 0 Å². The van der Waals surface area contributed by atoms with Gasteiger partial charge in [-0.2, -0.15) is 0 Å². The molecule has 1 aromatic rings. The number of aliphatic imine (C=N–C) groups is 1. The van der Waals surface area contributed by atoms with Crippen LogP contribution in [0.5, 0.6) is 0 Å². The summed E-state index contributed by atoms with van der Waals surface area (Å²) in [5.74, 6) is 6.23. The van der Waals surface area contributed by atoms with Gasteiger partial charge in [0.25, 0.3) is 0 Å². The maximum atomic E-state index is 5.55. The van der Waals surface area contributed by atoms with Crippen LogP contribution in [-0.4, -0.2) is 25.7 Å². The Balaban J connectivity index is 1.86. The Hall–Kier alpha value is -1.11. The van der Waals surface area contributed by atoms with Crippen molar-refractivity contribution >= 4 is 17.3 Å². The van der Waals surface area contributed by atoms with Crippen LogP contribution in [0.2, 0.25) is 0 Å². The first-order valence-electron chi connectivity index (χ1n) is 7.26. The smallest absolute Gasteiger partial charge is 0.206 e. The van der Waals surface area contributed by atoms with Gasteiger partial charge >= 0.3 is 0 Å². The topological polar surface area (TPSA) is 71.7 Å². The predicted molar refractivity (Wildman–Crippen MR) is 83.9 cm³/mol. The zero-order valence-corrected chi connectivity index (χ0v) is 12.8. The molecule has 0 radical (unpaired) electrons. The summed E-state index contributed by atoms with van der Waals surface area (Å²) in [6.07, 6.45) is 4.45. The van der Waals surface area contributed by atoms with Gasteiger partial charge in [-0.25, -0.2) is 5.84 Å². The molecule has 0 bridgehead atoms. The fourth-order valence-electron chi connectivity index (χ4n) is 2.44. The monoisotopic (exact) mass is 296 g/mol. The van der Waals surface area contributed by atoms with Crippen molar-refractivity contribution in [3.8, 4) is 0 Å². The molecule has 1 aliphatic rings. The number of thiophene rings is 1. The molecule has 1 unspecified atom stereocenters. The molecule has 1 atom stereocenters. The number of fused-ring (bicyclic) bond motifs is 1. The Morgan fingerprint density at radius 2 is 2.50 bits per heavy atom. The van der Waals surface area contributed by atoms with Gasteiger partial charge in [0.05, 0.1) is 6.04 Å². The second kappa shape index (κ2) is 8.24. The molecule has 1 heterocycles. The number of hydrazine groups is 1. The van der Waals surface area contributed by atoms with E-state index in [2.05, 4.69) is 27.2 Å². The molecule has 0 saturated heterocycles. The molecule has 0 amide bonds. The van der Waals surface area contributed by atoms with Gasteiger partial charge in [0.1, 0.15) is 0 Å². The number of hydrogen-bond donors (Lipinski definition) is 3. The summed E-state index contributed by atoms with van der Waals surface area (Å²) in [4.78, 5) is 5.95. The fourth-order valence-corrected chi connectivity index (χ4v) is 3.42. The highest BCUT2D eigenvalue weighted by Crippen LogP contribution is 2.33. The van der Waals surface area contributed by atoms with E-state index < -0.39 is 0 Å². The van der Waals surface area contributed by atoms with E-state index in [0.29, 0.717) is 12.0 Å². The number of guanidine groups is 1. The molecule has 1 aromatic heterocycles. The van der Waals surface area contributed by atoms with Crippen LogP contribution in [-0.2, 0) is 11.2 Å². The number of hydrogen-bond acceptors (Lipinski definition) is 4. The van der Waals surface area contributed by atoms with Crippen molar-refractivity contribution in [2.75, 3.05) is 19.8 Å². The van der Waals surface area contributed by atoms with E-state index >= 15 is 0 Å². The molecular weight excluding hydrogens is 272 g/mol. The standard InChI is InChI=1S/C14H24N4OS/c1-2-19-9-4-8-16-14(18-15)17-12-5-3-6-13-11(12)7-10-20-13/h7,10,12H,2-6,8-9,15H2,1H3,(H2,16,17,18). The van der Waals surface area contributed by atoms with Gasteiger partial charge < -0.3 is 10.1 Å². The maximum absolute atomic E-state index is 5.55. The van der Waals surface area contributed by atoms with Gasteiger partial charge in [-0.15, -0.1) is 11.3 Å². The SMILES string of the molecule is CCOCCCN=C(NN)NC1CCCc2sccc21. The minimum absolute atomic E-state index is 0.326. The van der Waals surface area contributed by atoms with Crippen molar-refractivity contribution < 1.29 is 4.74 Å². The summed E-state index contributed by atoms with van der Waals surface area (Å²) in [5.41, 5.74) is 4.07. The van der Waals surface area contributed by atoms with Crippen LogP contribution in [0, 0.1) is 0 Å². The molecule has 2 rings (SSSR count). The molecule has 1 aliphatic carbocycles. The highest BCUT2D eigenvalue weighted by molar-refractivity contribution is 7.10. The lowest BCUT2D eigenvalue weighted by atomic mass is 9.94. The van der Waals surface area contributed by atoms with E-state index in [-0.39, 0.29) is 0 Å². The van der Waals surface area contributed by atoms with Crippen LogP contribution in [0.25, 0.3) is 0 Å². The number of nitrogens with two attached hydrogens (primary N) is 1. The number of nitrogens with one attached hydrogen (secondary N) is 2. The first-order valence-corrected chi connectivity index (χ1v) is 8.14. The molecule has 0 fully saturated rings. The zero-order chi connectivity index (χ0) is 14.2. The molecular formula is C14H24N4OS. The van der Waals surface area contributed by atoms with Crippen LogP contribution in [0.3, 0.4) is 0 Å². The Bertz CT molecular complexity index is 433. The van der Waals surface area contributed by atoms with Crippen molar-refractivity contribution in [1.29, 1.82) is 0 Å². The predicted octanol–water partition coefficient (Wildman–Crippen LogP) is 1.96. The Kier molecular flexibility index (Phi) is 6.29. The lowest BCUT2D eigenvalue weighted by molar-refractivity contribution is 0.146. The van der Waals surface area contributed by atoms with Crippen molar-refractivity contribution in [1.82, 2.24) is 10.7 Å². The third kappa shape index (κ3) is 4.19. The molecule has 5 nitrogen and oxygen atoms in total. The quantitative estimate of drug-likeness (QED) is 0.247. The van der Waals surface area contributed by atoms with Crippen molar-refractivity contribution in [3.63, 3.8) is 0 Å². The summed E-state index contributed by atoms with van der Waals surface area (Å²) >= 11 is 1.84. The number of aryl methyl sites for hydroxylation is 1. The summed E-state index contributed by atoms with van der Waals surface area (Å²) < 4.78 is 5.30. The second-order valence-electron chi connectivity index (χ2n) is 4.81. The molecule has 20 heavy (non-hydrogen) atoms. The van der Waals surface area contributed by atoms with Gasteiger partial charge in [-0.1, -0.05) is 0 Å². The molecule has 0 spiro atoms. The van der Waals surface area contributed by atoms with Crippen molar-refractivity contribution in [2.24, 2.45) is 10.8 Å². The lowest BCUT2D eigenvalue weighted by Crippen LogP contribution is -2.44. The molecule has 6 heteroatoms. The van der Waals surface area contributed by atoms with Gasteiger partial charge in [0.15, 0.2) is 0 Å². The number of nitrogens with zero attached hydrogens (tertiary/aromatic N) is 1. The highest BCUT2D eigenvalue weighted by Gasteiger charge is 2.21. The van der Waals surface area contributed by atoms with Crippen LogP contribution in [0.4, 0.5) is 0 Å². The molecule has 0 saturated carbocycles. The van der Waals surface area contributed by atoms with Gasteiger partial charge in [-0.3, -0.25) is 10.4 Å². The third-order valence-corrected chi connectivity index (χ3v) is 4.42. The average Bonchev–Trinajstić information content (AvgIpc) is 2.95. The summed E-state index contributed by atoms with van der Waals surface area (Å²) in [6, 6.07) is 2.53. The minimum atomic E-state index is 0.326. The molecule has 112 valence electrons. The van der Waals surface area contributed by atoms with Crippen LogP contribution in [0.15, 0.2) is 16.4 Å². The Morgan fingerprint density at radius 1 is 1.60 bits per heavy atom. The number of ether oxygens (including phenoxy) is 1. The van der Waals surface area contributed by atoms with Crippen molar-refractivity contribution in [3.05, 3.63) is 21.9 Å². The largest absolute Gasteiger partial charge is 0.382 e. The highest BCUT2D eigenvalue weighted by atomic mass is 32.1. The summed E-state index contributed by atoms with van der Waals surface area (Å²) in [6.45, 7) is 4.22. The van der Waals surface area contributed by atoms with Crippen LogP contribution in [0.1, 0.15) is 42.7 Å². The van der Waals surface area contributed by atoms with Crippen LogP contribution < -0.4 is 16.6 Å². The van der Waals surface area contributed by atoms with Gasteiger partial charge in [0.2, 0.25) is 5.96 Å². The third-order valence-electron chi connectivity index (χ3n) is 3.42. The van der Waals surface area contributed by atoms with Gasteiger partial charge in [-0.05, 0) is 49.6 Å². The van der Waals surface area contributed by atoms with E-state index in [4.69, 9.17) is 10.6 Å². The number of rotatable bonds is 6. The normalized spacial score (nSPS) is 18.7. The van der Waals surface area contributed by atoms with Crippen LogP contribution >= 0.6 is 11.3 Å². The van der Waals surface area contributed by atoms with E-state index in [9.17, 15) is 0 Å². The van der Waals surface area contributed by atoms with E-state index in [1.807, 2.05) is 18.3 Å². The zero-order valence-electron chi connectivity index (χ0n) is 12.0. The first kappa shape index (κ1) is 15.3. The average molecular weight is 296 g/mol. The van der Waals surface area contributed by atoms with E-state index in [1.165, 1.54) is 23.3 Å². The Morgan fingerprint density at radius 3 is 3.30 bits per heavy atom. The minimum Gasteiger partial charge on any atom is -0.382 e. The molecule has 0 aliphatic heterocycles. The summed E-state index contributed by atoms with van der Waals surface area (Å²) in [5, 5.41) is 5.58. The molecule has 0 aromatic carbocycles. The molecule has 4 N–H and O–H groups in total. The maximum Gasteiger partial charge on any atom is 0.206 e. The van der Waals surface area contributed by atoms with Gasteiger partial charge in [0, 0.05) is 24.6 Å². The first-order chi connectivity index (χ1) is 9.85.